The molecule has 1 aliphatic rings. The van der Waals surface area contributed by atoms with Gasteiger partial charge in [0.05, 0.1) is 24.8 Å². The van der Waals surface area contributed by atoms with E-state index in [1.54, 1.807) is 0 Å². The van der Waals surface area contributed by atoms with Crippen molar-refractivity contribution in [3.05, 3.63) is 11.8 Å². The molecule has 154 valence electrons. The fraction of sp³-hybridized carbons (Fsp3) is 0.909. The molecule has 0 radical (unpaired) electrons. The van der Waals surface area contributed by atoms with Gasteiger partial charge in [0.1, 0.15) is 5.76 Å². The Balaban J connectivity index is 2.47. The van der Waals surface area contributed by atoms with Gasteiger partial charge in [-0.3, -0.25) is 0 Å². The zero-order valence-electron chi connectivity index (χ0n) is 17.7. The first kappa shape index (κ1) is 23.5. The summed E-state index contributed by atoms with van der Waals surface area (Å²) in [5.74, 6) is 2.10. The van der Waals surface area contributed by atoms with Crippen molar-refractivity contribution >= 4 is 0 Å². The van der Waals surface area contributed by atoms with E-state index in [0.717, 1.165) is 38.2 Å². The van der Waals surface area contributed by atoms with Crippen LogP contribution in [0.5, 0.6) is 0 Å². The van der Waals surface area contributed by atoms with Crippen molar-refractivity contribution in [2.45, 2.75) is 104 Å². The van der Waals surface area contributed by atoms with E-state index >= 15 is 0 Å². The summed E-state index contributed by atoms with van der Waals surface area (Å²) in [5.41, 5.74) is 12.7. The summed E-state index contributed by atoms with van der Waals surface area (Å²) in [6.45, 7) is 10.5. The molecule has 1 aliphatic carbocycles. The van der Waals surface area contributed by atoms with Crippen molar-refractivity contribution in [3.63, 3.8) is 0 Å². The second-order valence-corrected chi connectivity index (χ2v) is 8.00. The lowest BCUT2D eigenvalue weighted by Gasteiger charge is -2.33. The second-order valence-electron chi connectivity index (χ2n) is 8.00. The molecule has 0 heterocycles. The SMILES string of the molecule is CCCCC(CC)COC1=C[C@H](N)C(OCC(CC)CCCC)C[C@@H]1N. The van der Waals surface area contributed by atoms with E-state index in [1.165, 1.54) is 38.5 Å². The highest BCUT2D eigenvalue weighted by Crippen LogP contribution is 2.24. The van der Waals surface area contributed by atoms with Gasteiger partial charge >= 0.3 is 0 Å². The van der Waals surface area contributed by atoms with Gasteiger partial charge in [0.25, 0.3) is 0 Å². The summed E-state index contributed by atoms with van der Waals surface area (Å²) in [5, 5.41) is 0. The van der Waals surface area contributed by atoms with Crippen molar-refractivity contribution in [2.24, 2.45) is 23.3 Å². The predicted octanol–water partition coefficient (Wildman–Crippen LogP) is 4.76. The molecule has 3 unspecified atom stereocenters. The number of hydrogen-bond donors (Lipinski definition) is 2. The zero-order valence-corrected chi connectivity index (χ0v) is 17.7. The minimum atomic E-state index is -0.121. The molecule has 4 nitrogen and oxygen atoms in total. The third-order valence-electron chi connectivity index (χ3n) is 5.76. The van der Waals surface area contributed by atoms with E-state index in [2.05, 4.69) is 27.7 Å². The number of unbranched alkanes of at least 4 members (excludes halogenated alkanes) is 2. The third kappa shape index (κ3) is 8.41. The summed E-state index contributed by atoms with van der Waals surface area (Å²) < 4.78 is 12.2. The van der Waals surface area contributed by atoms with Gasteiger partial charge in [0, 0.05) is 6.61 Å². The monoisotopic (exact) mass is 368 g/mol. The van der Waals surface area contributed by atoms with Crippen molar-refractivity contribution < 1.29 is 9.47 Å². The first-order valence-electron chi connectivity index (χ1n) is 11.0. The van der Waals surface area contributed by atoms with Gasteiger partial charge in [-0.1, -0.05) is 66.2 Å². The molecular weight excluding hydrogens is 324 g/mol. The minimum absolute atomic E-state index is 0.00934. The Morgan fingerprint density at radius 3 is 2.08 bits per heavy atom. The lowest BCUT2D eigenvalue weighted by Crippen LogP contribution is -2.46. The average Bonchev–Trinajstić information content (AvgIpc) is 2.65. The van der Waals surface area contributed by atoms with E-state index in [-0.39, 0.29) is 18.2 Å². The number of nitrogens with two attached hydrogens (primary N) is 2. The molecule has 0 saturated heterocycles. The quantitative estimate of drug-likeness (QED) is 0.463. The summed E-state index contributed by atoms with van der Waals surface area (Å²) in [4.78, 5) is 0. The lowest BCUT2D eigenvalue weighted by atomic mass is 9.94. The summed E-state index contributed by atoms with van der Waals surface area (Å²) >= 11 is 0. The maximum Gasteiger partial charge on any atom is 0.110 e. The normalized spacial score (nSPS) is 25.6. The highest BCUT2D eigenvalue weighted by Gasteiger charge is 2.29. The molecular formula is C22H44N2O2. The van der Waals surface area contributed by atoms with Crippen molar-refractivity contribution in [3.8, 4) is 0 Å². The molecule has 26 heavy (non-hydrogen) atoms. The Labute approximate surface area is 162 Å². The summed E-state index contributed by atoms with van der Waals surface area (Å²) in [7, 11) is 0. The van der Waals surface area contributed by atoms with Crippen LogP contribution in [-0.4, -0.2) is 31.4 Å². The first-order valence-corrected chi connectivity index (χ1v) is 11.0. The van der Waals surface area contributed by atoms with Crippen LogP contribution in [0, 0.1) is 11.8 Å². The van der Waals surface area contributed by atoms with Crippen LogP contribution < -0.4 is 11.5 Å². The van der Waals surface area contributed by atoms with Gasteiger partial charge in [-0.2, -0.15) is 0 Å². The summed E-state index contributed by atoms with van der Waals surface area (Å²) in [6, 6.07) is -0.219. The number of ether oxygens (including phenoxy) is 2. The van der Waals surface area contributed by atoms with Crippen LogP contribution in [0.3, 0.4) is 0 Å². The highest BCUT2D eigenvalue weighted by molar-refractivity contribution is 5.14. The average molecular weight is 369 g/mol. The van der Waals surface area contributed by atoms with Gasteiger partial charge in [-0.15, -0.1) is 0 Å². The van der Waals surface area contributed by atoms with E-state index in [0.29, 0.717) is 11.8 Å². The lowest BCUT2D eigenvalue weighted by molar-refractivity contribution is 0.00119. The largest absolute Gasteiger partial charge is 0.496 e. The zero-order chi connectivity index (χ0) is 19.4. The van der Waals surface area contributed by atoms with Crippen LogP contribution >= 0.6 is 0 Å². The van der Waals surface area contributed by atoms with E-state index in [9.17, 15) is 0 Å². The molecule has 4 heteroatoms. The molecule has 0 aromatic carbocycles. The summed E-state index contributed by atoms with van der Waals surface area (Å²) in [6.07, 6.45) is 12.5. The standard InChI is InChI=1S/C22H44N2O2/c1-5-9-11-17(7-3)15-25-21-13-20(24)22(14-19(21)23)26-16-18(8-4)12-10-6-2/h13,17-20,22H,5-12,14-16,23-24H2,1-4H3/t17?,18?,19-,20-,22?/m0/s1. The highest BCUT2D eigenvalue weighted by atomic mass is 16.5. The fourth-order valence-electron chi connectivity index (χ4n) is 3.55. The van der Waals surface area contributed by atoms with Crippen LogP contribution in [0.15, 0.2) is 11.8 Å². The molecule has 0 amide bonds. The topological polar surface area (TPSA) is 70.5 Å². The first-order chi connectivity index (χ1) is 12.5. The second kappa shape index (κ2) is 13.6. The minimum Gasteiger partial charge on any atom is -0.496 e. The Hall–Kier alpha value is -0.580. The molecule has 0 aromatic rings. The maximum atomic E-state index is 6.35. The van der Waals surface area contributed by atoms with E-state index < -0.39 is 0 Å². The van der Waals surface area contributed by atoms with Gasteiger partial charge < -0.3 is 20.9 Å². The number of rotatable bonds is 14. The molecule has 0 aromatic heterocycles. The molecule has 0 aliphatic heterocycles. The van der Waals surface area contributed by atoms with E-state index in [1.807, 2.05) is 6.08 Å². The molecule has 0 spiro atoms. The Kier molecular flexibility index (Phi) is 12.2. The van der Waals surface area contributed by atoms with Crippen LogP contribution in [0.4, 0.5) is 0 Å². The van der Waals surface area contributed by atoms with Crippen LogP contribution in [0.2, 0.25) is 0 Å². The van der Waals surface area contributed by atoms with Crippen LogP contribution in [0.25, 0.3) is 0 Å². The molecule has 5 atom stereocenters. The Bertz CT molecular complexity index is 386. The smallest absolute Gasteiger partial charge is 0.110 e. The van der Waals surface area contributed by atoms with Crippen LogP contribution in [0.1, 0.15) is 85.5 Å². The molecule has 0 bridgehead atoms. The van der Waals surface area contributed by atoms with Crippen molar-refractivity contribution in [1.82, 2.24) is 0 Å². The fourth-order valence-corrected chi connectivity index (χ4v) is 3.55. The van der Waals surface area contributed by atoms with Gasteiger partial charge in [-0.05, 0) is 37.2 Å². The van der Waals surface area contributed by atoms with Gasteiger partial charge in [0.2, 0.25) is 0 Å². The predicted molar refractivity (Wildman–Crippen MR) is 111 cm³/mol. The molecule has 1 rings (SSSR count). The van der Waals surface area contributed by atoms with Gasteiger partial charge in [0.15, 0.2) is 0 Å². The van der Waals surface area contributed by atoms with Crippen molar-refractivity contribution in [2.75, 3.05) is 13.2 Å². The Morgan fingerprint density at radius 2 is 1.54 bits per heavy atom. The number of hydrogen-bond acceptors (Lipinski definition) is 4. The molecule has 4 N–H and O–H groups in total. The third-order valence-corrected chi connectivity index (χ3v) is 5.76. The van der Waals surface area contributed by atoms with Gasteiger partial charge in [-0.25, -0.2) is 0 Å². The van der Waals surface area contributed by atoms with Crippen molar-refractivity contribution in [1.29, 1.82) is 0 Å². The Morgan fingerprint density at radius 1 is 0.962 bits per heavy atom. The molecule has 0 fully saturated rings. The van der Waals surface area contributed by atoms with E-state index in [4.69, 9.17) is 20.9 Å². The van der Waals surface area contributed by atoms with Crippen LogP contribution in [-0.2, 0) is 9.47 Å². The maximum absolute atomic E-state index is 6.35. The molecule has 0 saturated carbocycles.